The molecule has 0 aliphatic rings. The maximum Gasteiger partial charge on any atom is 0.278 e. The Morgan fingerprint density at radius 1 is 1.15 bits per heavy atom. The highest BCUT2D eigenvalue weighted by Crippen LogP contribution is 2.22. The number of aryl methyl sites for hydroxylation is 1. The van der Waals surface area contributed by atoms with Crippen LogP contribution >= 0.6 is 23.2 Å². The zero-order valence-electron chi connectivity index (χ0n) is 15.3. The lowest BCUT2D eigenvalue weighted by Gasteiger charge is -2.07. The third kappa shape index (κ3) is 5.02. The number of fused-ring (bicyclic) bond motifs is 1. The van der Waals surface area contributed by atoms with Gasteiger partial charge < -0.3 is 5.32 Å². The van der Waals surface area contributed by atoms with Crippen molar-refractivity contribution >= 4 is 40.2 Å². The number of aromatic amines is 1. The summed E-state index contributed by atoms with van der Waals surface area (Å²) in [5, 5.41) is 8.44. The van der Waals surface area contributed by atoms with E-state index in [1.54, 1.807) is 23.0 Å². The summed E-state index contributed by atoms with van der Waals surface area (Å²) in [5.74, 6) is 0.404. The van der Waals surface area contributed by atoms with Crippen LogP contribution in [-0.2, 0) is 13.1 Å². The van der Waals surface area contributed by atoms with Crippen molar-refractivity contribution < 1.29 is 0 Å². The van der Waals surface area contributed by atoms with Crippen molar-refractivity contribution in [3.63, 3.8) is 0 Å². The Kier molecular flexibility index (Phi) is 6.74. The van der Waals surface area contributed by atoms with E-state index in [1.807, 2.05) is 6.07 Å². The lowest BCUT2D eigenvalue weighted by Crippen LogP contribution is -2.16. The van der Waals surface area contributed by atoms with Gasteiger partial charge in [-0.25, -0.2) is 4.98 Å². The number of anilines is 1. The average molecular weight is 408 g/mol. The van der Waals surface area contributed by atoms with Crippen LogP contribution in [-0.4, -0.2) is 19.7 Å². The van der Waals surface area contributed by atoms with Crippen LogP contribution in [0.5, 0.6) is 0 Å². The fourth-order valence-corrected chi connectivity index (χ4v) is 3.28. The minimum Gasteiger partial charge on any atom is -0.352 e. The van der Waals surface area contributed by atoms with Crippen LogP contribution in [0, 0.1) is 0 Å². The van der Waals surface area contributed by atoms with Gasteiger partial charge in [-0.1, -0.05) is 61.9 Å². The van der Waals surface area contributed by atoms with Gasteiger partial charge in [-0.05, 0) is 24.1 Å². The number of hydrogen-bond acceptors (Lipinski definition) is 4. The highest BCUT2D eigenvalue weighted by molar-refractivity contribution is 6.42. The van der Waals surface area contributed by atoms with E-state index in [4.69, 9.17) is 23.2 Å². The summed E-state index contributed by atoms with van der Waals surface area (Å²) < 4.78 is 1.75. The first-order chi connectivity index (χ1) is 13.1. The molecule has 3 aromatic rings. The predicted molar refractivity (Wildman–Crippen MR) is 111 cm³/mol. The Morgan fingerprint density at radius 2 is 1.96 bits per heavy atom. The molecule has 0 fully saturated rings. The number of aromatic nitrogens is 4. The molecule has 144 valence electrons. The smallest absolute Gasteiger partial charge is 0.278 e. The van der Waals surface area contributed by atoms with Crippen molar-refractivity contribution in [2.24, 2.45) is 0 Å². The highest BCUT2D eigenvalue weighted by atomic mass is 35.5. The van der Waals surface area contributed by atoms with Gasteiger partial charge >= 0.3 is 0 Å². The number of H-pyrrole nitrogens is 1. The molecule has 0 atom stereocenters. The Morgan fingerprint density at radius 3 is 2.74 bits per heavy atom. The van der Waals surface area contributed by atoms with Crippen molar-refractivity contribution in [3.8, 4) is 0 Å². The quantitative estimate of drug-likeness (QED) is 0.488. The third-order valence-electron chi connectivity index (χ3n) is 4.42. The first-order valence-electron chi connectivity index (χ1n) is 9.22. The van der Waals surface area contributed by atoms with Gasteiger partial charge in [0.1, 0.15) is 5.52 Å². The van der Waals surface area contributed by atoms with E-state index in [0.717, 1.165) is 24.9 Å². The van der Waals surface area contributed by atoms with Gasteiger partial charge in [0.15, 0.2) is 5.52 Å². The molecule has 0 saturated carbocycles. The van der Waals surface area contributed by atoms with Crippen LogP contribution in [0.3, 0.4) is 0 Å². The minimum absolute atomic E-state index is 0.192. The summed E-state index contributed by atoms with van der Waals surface area (Å²) in [5.41, 5.74) is 1.85. The summed E-state index contributed by atoms with van der Waals surface area (Å²) in [6, 6.07) is 5.39. The van der Waals surface area contributed by atoms with Gasteiger partial charge in [0, 0.05) is 13.1 Å². The third-order valence-corrected chi connectivity index (χ3v) is 5.16. The van der Waals surface area contributed by atoms with Crippen molar-refractivity contribution in [1.82, 2.24) is 19.7 Å². The van der Waals surface area contributed by atoms with Crippen LogP contribution in [0.25, 0.3) is 11.0 Å². The van der Waals surface area contributed by atoms with Crippen LogP contribution in [0.15, 0.2) is 29.2 Å². The predicted octanol–water partition coefficient (Wildman–Crippen LogP) is 5.01. The Balaban J connectivity index is 1.68. The molecule has 0 amide bonds. The lowest BCUT2D eigenvalue weighted by molar-refractivity contribution is 0.543. The average Bonchev–Trinajstić information content (AvgIpc) is 3.06. The van der Waals surface area contributed by atoms with Crippen molar-refractivity contribution in [1.29, 1.82) is 0 Å². The summed E-state index contributed by atoms with van der Waals surface area (Å²) in [6.45, 7) is 3.39. The van der Waals surface area contributed by atoms with Crippen molar-refractivity contribution in [2.75, 3.05) is 5.32 Å². The van der Waals surface area contributed by atoms with Crippen LogP contribution in [0.2, 0.25) is 10.0 Å². The van der Waals surface area contributed by atoms with Crippen LogP contribution < -0.4 is 10.9 Å². The normalized spacial score (nSPS) is 11.2. The van der Waals surface area contributed by atoms with E-state index in [-0.39, 0.29) is 5.56 Å². The number of hydrogen-bond donors (Lipinski definition) is 2. The molecule has 0 aliphatic carbocycles. The van der Waals surface area contributed by atoms with Gasteiger partial charge in [-0.3, -0.25) is 14.5 Å². The van der Waals surface area contributed by atoms with Gasteiger partial charge in [-0.2, -0.15) is 5.10 Å². The van der Waals surface area contributed by atoms with E-state index in [9.17, 15) is 4.79 Å². The summed E-state index contributed by atoms with van der Waals surface area (Å²) in [6.07, 6.45) is 7.47. The Hall–Kier alpha value is -2.05. The molecular formula is C19H23Cl2N5O. The van der Waals surface area contributed by atoms with Crippen molar-refractivity contribution in [3.05, 3.63) is 50.4 Å². The molecule has 0 bridgehead atoms. The van der Waals surface area contributed by atoms with Gasteiger partial charge in [-0.15, -0.1) is 0 Å². The SMILES string of the molecule is CCCCCCCn1ncc2nc(NCc3ccc(Cl)c(Cl)c3)[nH]c(=O)c21. The monoisotopic (exact) mass is 407 g/mol. The molecule has 6 nitrogen and oxygen atoms in total. The molecule has 8 heteroatoms. The van der Waals surface area contributed by atoms with E-state index in [2.05, 4.69) is 27.3 Å². The number of unbranched alkanes of at least 4 members (excludes halogenated alkanes) is 4. The second-order valence-corrected chi connectivity index (χ2v) is 7.35. The fraction of sp³-hybridized carbons (Fsp3) is 0.421. The van der Waals surface area contributed by atoms with Crippen LogP contribution in [0.1, 0.15) is 44.6 Å². The molecule has 0 spiro atoms. The molecule has 2 heterocycles. The number of benzene rings is 1. The molecule has 2 N–H and O–H groups in total. The number of rotatable bonds is 9. The number of halogens is 2. The summed E-state index contributed by atoms with van der Waals surface area (Å²) in [4.78, 5) is 19.7. The maximum atomic E-state index is 12.5. The van der Waals surface area contributed by atoms with Gasteiger partial charge in [0.05, 0.1) is 16.2 Å². The Bertz CT molecular complexity index is 966. The standard InChI is InChI=1S/C19H23Cl2N5O/c1-2-3-4-5-6-9-26-17-16(12-23-26)24-19(25-18(17)27)22-11-13-7-8-14(20)15(21)10-13/h7-8,10,12H,2-6,9,11H2,1H3,(H2,22,24,25,27). The van der Waals surface area contributed by atoms with Gasteiger partial charge in [0.2, 0.25) is 5.95 Å². The van der Waals surface area contributed by atoms with E-state index in [0.29, 0.717) is 33.6 Å². The van der Waals surface area contributed by atoms with Crippen molar-refractivity contribution in [2.45, 2.75) is 52.1 Å². The van der Waals surface area contributed by atoms with Crippen LogP contribution in [0.4, 0.5) is 5.95 Å². The first kappa shape index (κ1) is 19.7. The largest absolute Gasteiger partial charge is 0.352 e. The lowest BCUT2D eigenvalue weighted by atomic mass is 10.1. The zero-order chi connectivity index (χ0) is 19.2. The number of nitrogens with zero attached hydrogens (tertiary/aromatic N) is 3. The highest BCUT2D eigenvalue weighted by Gasteiger charge is 2.10. The van der Waals surface area contributed by atoms with E-state index >= 15 is 0 Å². The fourth-order valence-electron chi connectivity index (χ4n) is 2.96. The molecule has 0 aliphatic heterocycles. The molecule has 0 saturated heterocycles. The maximum absolute atomic E-state index is 12.5. The minimum atomic E-state index is -0.192. The molecule has 0 radical (unpaired) electrons. The topological polar surface area (TPSA) is 75.6 Å². The summed E-state index contributed by atoms with van der Waals surface area (Å²) in [7, 11) is 0. The zero-order valence-corrected chi connectivity index (χ0v) is 16.8. The Labute approximate surface area is 167 Å². The first-order valence-corrected chi connectivity index (χ1v) is 9.97. The van der Waals surface area contributed by atoms with E-state index < -0.39 is 0 Å². The molecular weight excluding hydrogens is 385 g/mol. The molecule has 0 unspecified atom stereocenters. The molecule has 2 aromatic heterocycles. The van der Waals surface area contributed by atoms with Gasteiger partial charge in [0.25, 0.3) is 5.56 Å². The molecule has 3 rings (SSSR count). The van der Waals surface area contributed by atoms with E-state index in [1.165, 1.54) is 19.3 Å². The second kappa shape index (κ2) is 9.24. The number of nitrogens with one attached hydrogen (secondary N) is 2. The molecule has 1 aromatic carbocycles. The summed E-state index contributed by atoms with van der Waals surface area (Å²) >= 11 is 12.0. The molecule has 27 heavy (non-hydrogen) atoms. The second-order valence-electron chi connectivity index (χ2n) is 6.53.